The molecule has 0 saturated carbocycles. The van der Waals surface area contributed by atoms with Gasteiger partial charge in [-0.15, -0.1) is 0 Å². The van der Waals surface area contributed by atoms with Crippen molar-refractivity contribution in [2.45, 2.75) is 6.92 Å². The SMILES string of the molecule is CCOc1cc2c(c(O)c1O)C(=O)/C(=C\c1ccc(O)c(O)c1)N2. The zero-order valence-electron chi connectivity index (χ0n) is 12.7. The molecule has 24 heavy (non-hydrogen) atoms. The lowest BCUT2D eigenvalue weighted by Gasteiger charge is -2.09. The molecule has 0 aromatic heterocycles. The molecule has 0 radical (unpaired) electrons. The second kappa shape index (κ2) is 5.69. The highest BCUT2D eigenvalue weighted by Gasteiger charge is 2.31. The number of hydrogen-bond acceptors (Lipinski definition) is 7. The Balaban J connectivity index is 2.02. The van der Waals surface area contributed by atoms with Crippen LogP contribution >= 0.6 is 0 Å². The zero-order valence-corrected chi connectivity index (χ0v) is 12.7. The average molecular weight is 329 g/mol. The first kappa shape index (κ1) is 15.5. The number of anilines is 1. The van der Waals surface area contributed by atoms with Gasteiger partial charge < -0.3 is 30.5 Å². The van der Waals surface area contributed by atoms with Crippen LogP contribution in [0, 0.1) is 0 Å². The number of phenolic OH excluding ortho intramolecular Hbond substituents is 4. The van der Waals surface area contributed by atoms with Crippen LogP contribution in [-0.4, -0.2) is 32.8 Å². The number of aromatic hydroxyl groups is 4. The van der Waals surface area contributed by atoms with Crippen LogP contribution in [-0.2, 0) is 0 Å². The number of hydrogen-bond donors (Lipinski definition) is 5. The normalized spacial score (nSPS) is 14.5. The van der Waals surface area contributed by atoms with Gasteiger partial charge in [-0.2, -0.15) is 0 Å². The summed E-state index contributed by atoms with van der Waals surface area (Å²) >= 11 is 0. The van der Waals surface area contributed by atoms with E-state index >= 15 is 0 Å². The second-order valence-electron chi connectivity index (χ2n) is 5.19. The number of nitrogens with one attached hydrogen (secondary N) is 1. The van der Waals surface area contributed by atoms with E-state index < -0.39 is 17.3 Å². The maximum Gasteiger partial charge on any atom is 0.215 e. The summed E-state index contributed by atoms with van der Waals surface area (Å²) in [6, 6.07) is 5.54. The molecule has 2 aromatic carbocycles. The van der Waals surface area contributed by atoms with E-state index in [4.69, 9.17) is 4.74 Å². The number of carbonyl (C=O) groups is 1. The van der Waals surface area contributed by atoms with E-state index in [9.17, 15) is 25.2 Å². The first-order chi connectivity index (χ1) is 11.4. The Labute approximate surface area is 137 Å². The molecule has 0 fully saturated rings. The molecule has 5 N–H and O–H groups in total. The number of carbonyl (C=O) groups excluding carboxylic acids is 1. The lowest BCUT2D eigenvalue weighted by atomic mass is 10.1. The van der Waals surface area contributed by atoms with Crippen molar-refractivity contribution in [3.8, 4) is 28.7 Å². The topological polar surface area (TPSA) is 119 Å². The minimum atomic E-state index is -0.551. The van der Waals surface area contributed by atoms with Crippen LogP contribution in [0.3, 0.4) is 0 Å². The van der Waals surface area contributed by atoms with Crippen molar-refractivity contribution in [3.05, 3.63) is 41.1 Å². The Morgan fingerprint density at radius 1 is 1.08 bits per heavy atom. The minimum absolute atomic E-state index is 0.0507. The third-order valence-corrected chi connectivity index (χ3v) is 3.59. The van der Waals surface area contributed by atoms with Crippen molar-refractivity contribution < 1.29 is 30.0 Å². The van der Waals surface area contributed by atoms with E-state index in [0.717, 1.165) is 0 Å². The first-order valence-electron chi connectivity index (χ1n) is 7.19. The first-order valence-corrected chi connectivity index (χ1v) is 7.19. The molecule has 0 aliphatic carbocycles. The molecule has 1 heterocycles. The summed E-state index contributed by atoms with van der Waals surface area (Å²) in [4.78, 5) is 12.4. The van der Waals surface area contributed by atoms with E-state index in [-0.39, 0.29) is 35.1 Å². The van der Waals surface area contributed by atoms with Gasteiger partial charge in [0.1, 0.15) is 0 Å². The summed E-state index contributed by atoms with van der Waals surface area (Å²) in [6.07, 6.45) is 1.46. The van der Waals surface area contributed by atoms with Crippen molar-refractivity contribution in [2.24, 2.45) is 0 Å². The summed E-state index contributed by atoms with van der Waals surface area (Å²) in [5.41, 5.74) is 0.888. The molecular weight excluding hydrogens is 314 g/mol. The van der Waals surface area contributed by atoms with Gasteiger partial charge in [0.2, 0.25) is 11.5 Å². The van der Waals surface area contributed by atoms with E-state index in [1.165, 1.54) is 30.3 Å². The molecule has 0 atom stereocenters. The van der Waals surface area contributed by atoms with Crippen molar-refractivity contribution in [1.29, 1.82) is 0 Å². The van der Waals surface area contributed by atoms with Crippen LogP contribution in [0.15, 0.2) is 30.0 Å². The zero-order chi connectivity index (χ0) is 17.4. The van der Waals surface area contributed by atoms with Crippen LogP contribution < -0.4 is 10.1 Å². The van der Waals surface area contributed by atoms with E-state index in [0.29, 0.717) is 11.3 Å². The molecule has 0 spiro atoms. The number of phenols is 4. The quantitative estimate of drug-likeness (QED) is 0.333. The number of ether oxygens (including phenoxy) is 1. The predicted molar refractivity (Wildman–Crippen MR) is 86.6 cm³/mol. The molecule has 7 heteroatoms. The van der Waals surface area contributed by atoms with E-state index in [1.807, 2.05) is 0 Å². The highest BCUT2D eigenvalue weighted by Crippen LogP contribution is 2.46. The number of allylic oxidation sites excluding steroid dienone is 1. The van der Waals surface area contributed by atoms with Gasteiger partial charge in [0.25, 0.3) is 0 Å². The van der Waals surface area contributed by atoms with Crippen molar-refractivity contribution in [3.63, 3.8) is 0 Å². The Kier molecular flexibility index (Phi) is 3.69. The van der Waals surface area contributed by atoms with Crippen LogP contribution in [0.2, 0.25) is 0 Å². The van der Waals surface area contributed by atoms with Crippen LogP contribution in [0.1, 0.15) is 22.8 Å². The highest BCUT2D eigenvalue weighted by molar-refractivity contribution is 6.22. The number of rotatable bonds is 3. The van der Waals surface area contributed by atoms with Crippen molar-refractivity contribution >= 4 is 17.5 Å². The molecule has 2 aromatic rings. The summed E-state index contributed by atoms with van der Waals surface area (Å²) in [5, 5.41) is 41.7. The van der Waals surface area contributed by atoms with Crippen molar-refractivity contribution in [1.82, 2.24) is 0 Å². The second-order valence-corrected chi connectivity index (χ2v) is 5.19. The Morgan fingerprint density at radius 2 is 1.83 bits per heavy atom. The Morgan fingerprint density at radius 3 is 2.50 bits per heavy atom. The van der Waals surface area contributed by atoms with Crippen LogP contribution in [0.5, 0.6) is 28.7 Å². The van der Waals surface area contributed by atoms with Gasteiger partial charge >= 0.3 is 0 Å². The van der Waals surface area contributed by atoms with Crippen LogP contribution in [0.4, 0.5) is 5.69 Å². The maximum atomic E-state index is 12.4. The molecule has 0 amide bonds. The number of benzene rings is 2. The molecule has 7 nitrogen and oxygen atoms in total. The lowest BCUT2D eigenvalue weighted by Crippen LogP contribution is -1.99. The molecule has 1 aliphatic heterocycles. The maximum absolute atomic E-state index is 12.4. The van der Waals surface area contributed by atoms with Gasteiger partial charge in [-0.3, -0.25) is 4.79 Å². The molecular formula is C17H15NO6. The average Bonchev–Trinajstić information content (AvgIpc) is 2.84. The molecule has 124 valence electrons. The van der Waals surface area contributed by atoms with Gasteiger partial charge in [0.05, 0.1) is 23.6 Å². The molecule has 0 unspecified atom stereocenters. The fourth-order valence-electron chi connectivity index (χ4n) is 2.46. The van der Waals surface area contributed by atoms with E-state index in [2.05, 4.69) is 5.32 Å². The number of ketones is 1. The minimum Gasteiger partial charge on any atom is -0.504 e. The summed E-state index contributed by atoms with van der Waals surface area (Å²) < 4.78 is 5.22. The highest BCUT2D eigenvalue weighted by atomic mass is 16.5. The monoisotopic (exact) mass is 329 g/mol. The molecule has 3 rings (SSSR count). The van der Waals surface area contributed by atoms with Gasteiger partial charge in [-0.05, 0) is 30.7 Å². The van der Waals surface area contributed by atoms with Gasteiger partial charge in [0.15, 0.2) is 23.0 Å². The van der Waals surface area contributed by atoms with Gasteiger partial charge in [-0.25, -0.2) is 0 Å². The molecule has 0 saturated heterocycles. The fourth-order valence-corrected chi connectivity index (χ4v) is 2.46. The van der Waals surface area contributed by atoms with Crippen molar-refractivity contribution in [2.75, 3.05) is 11.9 Å². The fraction of sp³-hybridized carbons (Fsp3) is 0.118. The number of fused-ring (bicyclic) bond motifs is 1. The third-order valence-electron chi connectivity index (χ3n) is 3.59. The number of Topliss-reactive ketones (excluding diaryl/α,β-unsaturated/α-hetero) is 1. The molecule has 1 aliphatic rings. The Hall–Kier alpha value is -3.35. The summed E-state index contributed by atoms with van der Waals surface area (Å²) in [5.74, 6) is -2.06. The standard InChI is InChI=1S/C17H15NO6/c1-2-24-13-7-9-14(17(23)16(13)22)15(21)10(18-9)5-8-3-4-11(19)12(20)6-8/h3-7,18-20,22-23H,2H2,1H3/b10-5+. The smallest absolute Gasteiger partial charge is 0.215 e. The van der Waals surface area contributed by atoms with Gasteiger partial charge in [0, 0.05) is 6.07 Å². The lowest BCUT2D eigenvalue weighted by molar-refractivity contribution is 0.103. The molecule has 0 bridgehead atoms. The van der Waals surface area contributed by atoms with E-state index in [1.54, 1.807) is 6.92 Å². The summed E-state index contributed by atoms with van der Waals surface area (Å²) in [6.45, 7) is 2.01. The largest absolute Gasteiger partial charge is 0.504 e. The predicted octanol–water partition coefficient (Wildman–Crippen LogP) is 2.56. The third kappa shape index (κ3) is 2.45. The summed E-state index contributed by atoms with van der Waals surface area (Å²) in [7, 11) is 0. The Bertz CT molecular complexity index is 872. The van der Waals surface area contributed by atoms with Gasteiger partial charge in [-0.1, -0.05) is 6.07 Å². The van der Waals surface area contributed by atoms with Crippen LogP contribution in [0.25, 0.3) is 6.08 Å².